The number of carbonyl (C=O) groups is 2. The van der Waals surface area contributed by atoms with Gasteiger partial charge in [-0.15, -0.1) is 11.3 Å². The molecule has 3 aromatic rings. The number of nitrogens with zero attached hydrogens (tertiary/aromatic N) is 1. The summed E-state index contributed by atoms with van der Waals surface area (Å²) in [5.41, 5.74) is 1.62. The lowest BCUT2D eigenvalue weighted by Gasteiger charge is -2.04. The van der Waals surface area contributed by atoms with Crippen LogP contribution in [0.25, 0.3) is 21.5 Å². The number of carboxylic acids is 2. The maximum atomic E-state index is 11.3. The summed E-state index contributed by atoms with van der Waals surface area (Å²) in [6.07, 6.45) is 0. The second-order valence-corrected chi connectivity index (χ2v) is 5.66. The summed E-state index contributed by atoms with van der Waals surface area (Å²) in [6.45, 7) is -0.605. The molecule has 7 heteroatoms. The summed E-state index contributed by atoms with van der Waals surface area (Å²) < 4.78 is 5.15. The molecule has 0 saturated carbocycles. The summed E-state index contributed by atoms with van der Waals surface area (Å²) >= 11 is 0.964. The van der Waals surface area contributed by atoms with Crippen LogP contribution < -0.4 is 4.74 Å². The molecular weight excluding hydrogens is 318 g/mol. The Kier molecular flexibility index (Phi) is 3.94. The largest absolute Gasteiger partial charge is 0.479 e. The van der Waals surface area contributed by atoms with E-state index in [1.807, 2.05) is 30.3 Å². The normalized spacial score (nSPS) is 10.6. The molecule has 23 heavy (non-hydrogen) atoms. The summed E-state index contributed by atoms with van der Waals surface area (Å²) in [7, 11) is 0. The molecule has 6 nitrogen and oxygen atoms in total. The SMILES string of the molecule is O=C(O)COc1c(C(=O)O)sc2nc(-c3ccccc3)ccc12. The Labute approximate surface area is 134 Å². The van der Waals surface area contributed by atoms with Gasteiger partial charge in [-0.1, -0.05) is 30.3 Å². The van der Waals surface area contributed by atoms with E-state index in [4.69, 9.17) is 9.84 Å². The lowest BCUT2D eigenvalue weighted by atomic mass is 10.1. The number of aliphatic carboxylic acids is 1. The van der Waals surface area contributed by atoms with Crippen LogP contribution in [0.1, 0.15) is 9.67 Å². The van der Waals surface area contributed by atoms with Gasteiger partial charge in [0, 0.05) is 5.56 Å². The van der Waals surface area contributed by atoms with Gasteiger partial charge in [-0.25, -0.2) is 14.6 Å². The molecule has 0 aliphatic heterocycles. The molecule has 0 spiro atoms. The van der Waals surface area contributed by atoms with Crippen LogP contribution in [0, 0.1) is 0 Å². The standard InChI is InChI=1S/C16H11NO5S/c18-12(19)8-22-13-10-6-7-11(9-4-2-1-3-5-9)17-15(10)23-14(13)16(20)21/h1-7H,8H2,(H,18,19)(H,20,21). The van der Waals surface area contributed by atoms with E-state index in [2.05, 4.69) is 4.98 Å². The van der Waals surface area contributed by atoms with Crippen LogP contribution in [-0.4, -0.2) is 33.7 Å². The molecule has 2 N–H and O–H groups in total. The average molecular weight is 329 g/mol. The van der Waals surface area contributed by atoms with E-state index in [-0.39, 0.29) is 10.6 Å². The lowest BCUT2D eigenvalue weighted by molar-refractivity contribution is -0.139. The van der Waals surface area contributed by atoms with Crippen molar-refractivity contribution in [3.05, 3.63) is 47.3 Å². The smallest absolute Gasteiger partial charge is 0.349 e. The van der Waals surface area contributed by atoms with Crippen LogP contribution in [0.3, 0.4) is 0 Å². The minimum Gasteiger partial charge on any atom is -0.479 e. The number of ether oxygens (including phenoxy) is 1. The minimum absolute atomic E-state index is 0.0482. The molecule has 0 radical (unpaired) electrons. The number of benzene rings is 1. The fraction of sp³-hybridized carbons (Fsp3) is 0.0625. The highest BCUT2D eigenvalue weighted by molar-refractivity contribution is 7.20. The highest BCUT2D eigenvalue weighted by Crippen LogP contribution is 2.38. The molecule has 0 atom stereocenters. The van der Waals surface area contributed by atoms with Crippen molar-refractivity contribution in [1.29, 1.82) is 0 Å². The van der Waals surface area contributed by atoms with Gasteiger partial charge in [0.05, 0.1) is 11.1 Å². The Morgan fingerprint density at radius 1 is 1.09 bits per heavy atom. The van der Waals surface area contributed by atoms with Crippen molar-refractivity contribution in [3.63, 3.8) is 0 Å². The third-order valence-electron chi connectivity index (χ3n) is 3.11. The van der Waals surface area contributed by atoms with Crippen LogP contribution in [0.15, 0.2) is 42.5 Å². The van der Waals surface area contributed by atoms with Gasteiger partial charge in [0.2, 0.25) is 0 Å². The van der Waals surface area contributed by atoms with Crippen LogP contribution in [-0.2, 0) is 4.79 Å². The molecule has 0 bridgehead atoms. The molecular formula is C16H11NO5S. The summed E-state index contributed by atoms with van der Waals surface area (Å²) in [4.78, 5) is 26.9. The fourth-order valence-electron chi connectivity index (χ4n) is 2.14. The Balaban J connectivity index is 2.10. The summed E-state index contributed by atoms with van der Waals surface area (Å²) in [5.74, 6) is -2.30. The second-order valence-electron chi connectivity index (χ2n) is 4.66. The van der Waals surface area contributed by atoms with Crippen molar-refractivity contribution in [3.8, 4) is 17.0 Å². The number of aromatic nitrogens is 1. The van der Waals surface area contributed by atoms with Crippen LogP contribution in [0.5, 0.6) is 5.75 Å². The molecule has 116 valence electrons. The second kappa shape index (κ2) is 6.05. The number of pyridine rings is 1. The first-order valence-electron chi connectivity index (χ1n) is 6.63. The number of carboxylic acid groups (broad SMARTS) is 2. The first-order valence-corrected chi connectivity index (χ1v) is 7.45. The third kappa shape index (κ3) is 3.00. The van der Waals surface area contributed by atoms with E-state index < -0.39 is 18.5 Å². The predicted molar refractivity (Wildman–Crippen MR) is 85.1 cm³/mol. The molecule has 2 heterocycles. The van der Waals surface area contributed by atoms with Gasteiger partial charge in [0.1, 0.15) is 4.83 Å². The van der Waals surface area contributed by atoms with Gasteiger partial charge >= 0.3 is 11.9 Å². The molecule has 3 rings (SSSR count). The molecule has 0 aliphatic carbocycles. The Bertz CT molecular complexity index is 888. The molecule has 0 aliphatic rings. The zero-order valence-corrected chi connectivity index (χ0v) is 12.5. The minimum atomic E-state index is -1.17. The van der Waals surface area contributed by atoms with Crippen molar-refractivity contribution in [2.45, 2.75) is 0 Å². The van der Waals surface area contributed by atoms with Gasteiger partial charge in [-0.3, -0.25) is 0 Å². The van der Waals surface area contributed by atoms with Gasteiger partial charge < -0.3 is 14.9 Å². The van der Waals surface area contributed by atoms with Gasteiger partial charge in [-0.2, -0.15) is 0 Å². The average Bonchev–Trinajstić information content (AvgIpc) is 2.91. The first kappa shape index (κ1) is 15.0. The van der Waals surface area contributed by atoms with Crippen molar-refractivity contribution >= 4 is 33.5 Å². The third-order valence-corrected chi connectivity index (χ3v) is 4.18. The number of rotatable bonds is 5. The molecule has 0 amide bonds. The van der Waals surface area contributed by atoms with E-state index in [0.29, 0.717) is 15.9 Å². The topological polar surface area (TPSA) is 96.7 Å². The molecule has 0 saturated heterocycles. The highest BCUT2D eigenvalue weighted by atomic mass is 32.1. The molecule has 0 unspecified atom stereocenters. The van der Waals surface area contributed by atoms with Crippen molar-refractivity contribution in [2.24, 2.45) is 0 Å². The van der Waals surface area contributed by atoms with Crippen molar-refractivity contribution < 1.29 is 24.5 Å². The summed E-state index contributed by atoms with van der Waals surface area (Å²) in [6, 6.07) is 12.9. The maximum absolute atomic E-state index is 11.3. The Morgan fingerprint density at radius 3 is 2.48 bits per heavy atom. The number of fused-ring (bicyclic) bond motifs is 1. The molecule has 2 aromatic heterocycles. The van der Waals surface area contributed by atoms with Crippen LogP contribution in [0.4, 0.5) is 0 Å². The predicted octanol–water partition coefficient (Wildman–Crippen LogP) is 3.12. The zero-order valence-electron chi connectivity index (χ0n) is 11.7. The number of thiophene rings is 1. The van der Waals surface area contributed by atoms with E-state index in [1.54, 1.807) is 12.1 Å². The van der Waals surface area contributed by atoms with Crippen LogP contribution >= 0.6 is 11.3 Å². The zero-order chi connectivity index (χ0) is 16.4. The number of hydrogen-bond acceptors (Lipinski definition) is 5. The maximum Gasteiger partial charge on any atom is 0.349 e. The van der Waals surface area contributed by atoms with Gasteiger partial charge in [-0.05, 0) is 12.1 Å². The highest BCUT2D eigenvalue weighted by Gasteiger charge is 2.21. The number of aromatic carboxylic acids is 1. The van der Waals surface area contributed by atoms with E-state index >= 15 is 0 Å². The lowest BCUT2D eigenvalue weighted by Crippen LogP contribution is -2.10. The van der Waals surface area contributed by atoms with Gasteiger partial charge in [0.15, 0.2) is 17.2 Å². The Morgan fingerprint density at radius 2 is 1.83 bits per heavy atom. The molecule has 0 fully saturated rings. The first-order chi connectivity index (χ1) is 11.1. The monoisotopic (exact) mass is 329 g/mol. The van der Waals surface area contributed by atoms with E-state index in [0.717, 1.165) is 16.9 Å². The Hall–Kier alpha value is -2.93. The van der Waals surface area contributed by atoms with Crippen molar-refractivity contribution in [1.82, 2.24) is 4.98 Å². The molecule has 1 aromatic carbocycles. The van der Waals surface area contributed by atoms with E-state index in [1.165, 1.54) is 0 Å². The number of hydrogen-bond donors (Lipinski definition) is 2. The fourth-order valence-corrected chi connectivity index (χ4v) is 3.10. The van der Waals surface area contributed by atoms with Crippen molar-refractivity contribution in [2.75, 3.05) is 6.61 Å². The van der Waals surface area contributed by atoms with Gasteiger partial charge in [0.25, 0.3) is 0 Å². The van der Waals surface area contributed by atoms with Crippen LogP contribution in [0.2, 0.25) is 0 Å². The summed E-state index contributed by atoms with van der Waals surface area (Å²) in [5, 5.41) is 18.5. The van der Waals surface area contributed by atoms with E-state index in [9.17, 15) is 14.7 Å². The quantitative estimate of drug-likeness (QED) is 0.746.